The van der Waals surface area contributed by atoms with Gasteiger partial charge in [-0.3, -0.25) is 4.79 Å². The molecule has 1 fully saturated rings. The SMILES string of the molecule is CNCCCC(=O)NC(C)CN1CC(C)CC(C)C1.Cl.Cl. The lowest BCUT2D eigenvalue weighted by Crippen LogP contribution is -2.47. The van der Waals surface area contributed by atoms with Gasteiger partial charge in [-0.25, -0.2) is 0 Å². The van der Waals surface area contributed by atoms with Crippen LogP contribution >= 0.6 is 24.8 Å². The first-order valence-corrected chi connectivity index (χ1v) is 7.67. The fraction of sp³-hybridized carbons (Fsp3) is 0.933. The van der Waals surface area contributed by atoms with E-state index in [-0.39, 0.29) is 36.8 Å². The number of amides is 1. The second-order valence-electron chi connectivity index (χ2n) is 6.34. The van der Waals surface area contributed by atoms with Gasteiger partial charge in [0.1, 0.15) is 0 Å². The van der Waals surface area contributed by atoms with E-state index in [4.69, 9.17) is 0 Å². The first kappa shape index (κ1) is 23.2. The van der Waals surface area contributed by atoms with Crippen molar-refractivity contribution in [3.05, 3.63) is 0 Å². The van der Waals surface area contributed by atoms with Gasteiger partial charge in [0, 0.05) is 32.1 Å². The van der Waals surface area contributed by atoms with Gasteiger partial charge in [-0.15, -0.1) is 24.8 Å². The minimum absolute atomic E-state index is 0. The molecule has 1 aliphatic heterocycles. The van der Waals surface area contributed by atoms with Crippen LogP contribution < -0.4 is 10.6 Å². The third-order valence-electron chi connectivity index (χ3n) is 3.71. The van der Waals surface area contributed by atoms with E-state index in [9.17, 15) is 4.79 Å². The van der Waals surface area contributed by atoms with E-state index in [0.717, 1.165) is 31.3 Å². The maximum atomic E-state index is 11.7. The lowest BCUT2D eigenvalue weighted by atomic mass is 9.92. The van der Waals surface area contributed by atoms with Crippen LogP contribution in [0.3, 0.4) is 0 Å². The van der Waals surface area contributed by atoms with Crippen molar-refractivity contribution in [3.8, 4) is 0 Å². The zero-order valence-electron chi connectivity index (χ0n) is 13.9. The summed E-state index contributed by atoms with van der Waals surface area (Å²) < 4.78 is 0. The number of nitrogens with zero attached hydrogens (tertiary/aromatic N) is 1. The highest BCUT2D eigenvalue weighted by Gasteiger charge is 2.23. The molecule has 0 aromatic carbocycles. The third-order valence-corrected chi connectivity index (χ3v) is 3.71. The van der Waals surface area contributed by atoms with Crippen LogP contribution in [0.1, 0.15) is 40.0 Å². The highest BCUT2D eigenvalue weighted by Crippen LogP contribution is 2.20. The second-order valence-corrected chi connectivity index (χ2v) is 6.34. The van der Waals surface area contributed by atoms with Crippen LogP contribution in [0, 0.1) is 11.8 Å². The van der Waals surface area contributed by atoms with Gasteiger partial charge in [0.05, 0.1) is 0 Å². The van der Waals surface area contributed by atoms with E-state index in [1.54, 1.807) is 0 Å². The summed E-state index contributed by atoms with van der Waals surface area (Å²) in [5, 5.41) is 6.17. The number of likely N-dealkylation sites (tertiary alicyclic amines) is 1. The Kier molecular flexibility index (Phi) is 13.8. The van der Waals surface area contributed by atoms with Crippen molar-refractivity contribution in [1.29, 1.82) is 0 Å². The van der Waals surface area contributed by atoms with Crippen molar-refractivity contribution >= 4 is 30.7 Å². The summed E-state index contributed by atoms with van der Waals surface area (Å²) in [5.74, 6) is 1.74. The summed E-state index contributed by atoms with van der Waals surface area (Å²) in [4.78, 5) is 14.2. The van der Waals surface area contributed by atoms with Crippen LogP contribution in [-0.2, 0) is 4.79 Å². The Balaban J connectivity index is 0. The van der Waals surface area contributed by atoms with Crippen LogP contribution in [0.2, 0.25) is 0 Å². The lowest BCUT2D eigenvalue weighted by Gasteiger charge is -2.36. The van der Waals surface area contributed by atoms with Crippen LogP contribution in [0.15, 0.2) is 0 Å². The molecule has 4 nitrogen and oxygen atoms in total. The minimum atomic E-state index is 0. The zero-order valence-corrected chi connectivity index (χ0v) is 15.5. The maximum Gasteiger partial charge on any atom is 0.220 e. The number of carbonyl (C=O) groups excluding carboxylic acids is 1. The van der Waals surface area contributed by atoms with Crippen molar-refractivity contribution in [2.24, 2.45) is 11.8 Å². The molecule has 1 heterocycles. The summed E-state index contributed by atoms with van der Waals surface area (Å²) in [6, 6.07) is 0.250. The van der Waals surface area contributed by atoms with Crippen molar-refractivity contribution in [1.82, 2.24) is 15.5 Å². The third kappa shape index (κ3) is 10.3. The minimum Gasteiger partial charge on any atom is -0.352 e. The predicted molar refractivity (Wildman–Crippen MR) is 94.6 cm³/mol. The molecular formula is C15H33Cl2N3O. The fourth-order valence-electron chi connectivity index (χ4n) is 3.15. The molecule has 128 valence electrons. The molecule has 1 rings (SSSR count). The van der Waals surface area contributed by atoms with Crippen LogP contribution in [0.5, 0.6) is 0 Å². The van der Waals surface area contributed by atoms with Crippen LogP contribution in [-0.4, -0.2) is 50.1 Å². The zero-order chi connectivity index (χ0) is 14.3. The van der Waals surface area contributed by atoms with Gasteiger partial charge in [0.2, 0.25) is 5.91 Å². The summed E-state index contributed by atoms with van der Waals surface area (Å²) >= 11 is 0. The molecule has 2 N–H and O–H groups in total. The Morgan fingerprint density at radius 3 is 2.33 bits per heavy atom. The van der Waals surface area contributed by atoms with E-state index < -0.39 is 0 Å². The number of nitrogens with one attached hydrogen (secondary N) is 2. The normalized spacial score (nSPS) is 23.6. The molecule has 21 heavy (non-hydrogen) atoms. The van der Waals surface area contributed by atoms with Crippen molar-refractivity contribution in [2.45, 2.75) is 46.1 Å². The van der Waals surface area contributed by atoms with Gasteiger partial charge >= 0.3 is 0 Å². The smallest absolute Gasteiger partial charge is 0.220 e. The topological polar surface area (TPSA) is 44.4 Å². The largest absolute Gasteiger partial charge is 0.352 e. The fourth-order valence-corrected chi connectivity index (χ4v) is 3.15. The summed E-state index contributed by atoms with van der Waals surface area (Å²) in [6.07, 6.45) is 2.87. The quantitative estimate of drug-likeness (QED) is 0.698. The summed E-state index contributed by atoms with van der Waals surface area (Å²) in [5.41, 5.74) is 0. The van der Waals surface area contributed by atoms with Gasteiger partial charge < -0.3 is 15.5 Å². The summed E-state index contributed by atoms with van der Waals surface area (Å²) in [7, 11) is 1.92. The number of halogens is 2. The van der Waals surface area contributed by atoms with Gasteiger partial charge in [0.25, 0.3) is 0 Å². The van der Waals surface area contributed by atoms with E-state index in [2.05, 4.69) is 36.3 Å². The van der Waals surface area contributed by atoms with Crippen molar-refractivity contribution in [2.75, 3.05) is 33.2 Å². The molecule has 1 amide bonds. The van der Waals surface area contributed by atoms with Gasteiger partial charge in [-0.05, 0) is 45.2 Å². The average molecular weight is 342 g/mol. The average Bonchev–Trinajstić information content (AvgIpc) is 2.27. The van der Waals surface area contributed by atoms with E-state index >= 15 is 0 Å². The molecule has 3 unspecified atom stereocenters. The van der Waals surface area contributed by atoms with Crippen molar-refractivity contribution in [3.63, 3.8) is 0 Å². The first-order chi connectivity index (χ1) is 9.01. The molecule has 0 aromatic heterocycles. The molecular weight excluding hydrogens is 309 g/mol. The maximum absolute atomic E-state index is 11.7. The van der Waals surface area contributed by atoms with Crippen molar-refractivity contribution < 1.29 is 4.79 Å². The molecule has 0 saturated carbocycles. The monoisotopic (exact) mass is 341 g/mol. The van der Waals surface area contributed by atoms with Gasteiger partial charge in [0.15, 0.2) is 0 Å². The Hall–Kier alpha value is -0.0300. The molecule has 0 spiro atoms. The molecule has 0 aliphatic carbocycles. The number of hydrogen-bond acceptors (Lipinski definition) is 3. The number of rotatable bonds is 7. The Morgan fingerprint density at radius 2 is 1.81 bits per heavy atom. The van der Waals surface area contributed by atoms with Gasteiger partial charge in [-0.1, -0.05) is 13.8 Å². The molecule has 0 bridgehead atoms. The molecule has 3 atom stereocenters. The Labute approximate surface area is 142 Å². The first-order valence-electron chi connectivity index (χ1n) is 7.67. The predicted octanol–water partition coefficient (Wildman–Crippen LogP) is 2.31. The molecule has 6 heteroatoms. The van der Waals surface area contributed by atoms with E-state index in [1.807, 2.05) is 7.05 Å². The standard InChI is InChI=1S/C15H31N3O.2ClH/c1-12-8-13(2)10-18(9-12)11-14(3)17-15(19)6-5-7-16-4;;/h12-14,16H,5-11H2,1-4H3,(H,17,19);2*1H. The molecule has 0 aromatic rings. The van der Waals surface area contributed by atoms with E-state index in [0.29, 0.717) is 6.42 Å². The molecule has 1 saturated heterocycles. The molecule has 0 radical (unpaired) electrons. The van der Waals surface area contributed by atoms with Crippen LogP contribution in [0.25, 0.3) is 0 Å². The Bertz CT molecular complexity index is 270. The highest BCUT2D eigenvalue weighted by molar-refractivity contribution is 5.85. The van der Waals surface area contributed by atoms with E-state index in [1.165, 1.54) is 19.5 Å². The Morgan fingerprint density at radius 1 is 1.24 bits per heavy atom. The number of piperidine rings is 1. The second kappa shape index (κ2) is 12.5. The van der Waals surface area contributed by atoms with Crippen LogP contribution in [0.4, 0.5) is 0 Å². The highest BCUT2D eigenvalue weighted by atomic mass is 35.5. The number of carbonyl (C=O) groups is 1. The lowest BCUT2D eigenvalue weighted by molar-refractivity contribution is -0.121. The number of hydrogen-bond donors (Lipinski definition) is 2. The van der Waals surface area contributed by atoms with Gasteiger partial charge in [-0.2, -0.15) is 0 Å². The summed E-state index contributed by atoms with van der Waals surface area (Å²) in [6.45, 7) is 11.0. The molecule has 1 aliphatic rings.